The summed E-state index contributed by atoms with van der Waals surface area (Å²) >= 11 is 0. The van der Waals surface area contributed by atoms with Crippen LogP contribution in [0.3, 0.4) is 0 Å². The van der Waals surface area contributed by atoms with Crippen LogP contribution < -0.4 is 15.4 Å². The Morgan fingerprint density at radius 2 is 2.00 bits per heavy atom. The van der Waals surface area contributed by atoms with Crippen LogP contribution in [0.25, 0.3) is 0 Å². The van der Waals surface area contributed by atoms with Crippen LogP contribution in [-0.2, 0) is 4.79 Å². The van der Waals surface area contributed by atoms with Crippen molar-refractivity contribution in [1.29, 1.82) is 0 Å². The maximum Gasteiger partial charge on any atom is 0.211 e. The number of aliphatic hydroxyl groups excluding tert-OH is 1. The van der Waals surface area contributed by atoms with E-state index < -0.39 is 6.10 Å². The molecule has 100 valence electrons. The summed E-state index contributed by atoms with van der Waals surface area (Å²) in [6.07, 6.45) is 0.0807. The highest BCUT2D eigenvalue weighted by atomic mass is 16.5. The van der Waals surface area contributed by atoms with E-state index in [9.17, 15) is 9.90 Å². The molecule has 18 heavy (non-hydrogen) atoms. The molecule has 1 aromatic rings. The standard InChI is InChI=1S/C13H20N2O3/c1-10(2)14-7-12(17)8-18-13-5-3-11(4-6-13)15-9-16/h3-6,9-10,12,14,17H,7-8H2,1-2H3,(H,15,16)/t12-/m1/s1. The fourth-order valence-corrected chi connectivity index (χ4v) is 1.34. The molecule has 0 aliphatic carbocycles. The number of nitrogens with one attached hydrogen (secondary N) is 2. The lowest BCUT2D eigenvalue weighted by Gasteiger charge is -2.15. The third-order valence-electron chi connectivity index (χ3n) is 2.28. The molecule has 5 nitrogen and oxygen atoms in total. The predicted octanol–water partition coefficient (Wildman–Crippen LogP) is 0.993. The van der Waals surface area contributed by atoms with Gasteiger partial charge in [0.05, 0.1) is 0 Å². The van der Waals surface area contributed by atoms with E-state index in [2.05, 4.69) is 10.6 Å². The van der Waals surface area contributed by atoms with Crippen LogP contribution in [0.2, 0.25) is 0 Å². The zero-order valence-corrected chi connectivity index (χ0v) is 10.7. The molecule has 0 aromatic heterocycles. The molecule has 3 N–H and O–H groups in total. The van der Waals surface area contributed by atoms with Crippen molar-refractivity contribution < 1.29 is 14.6 Å². The van der Waals surface area contributed by atoms with Crippen molar-refractivity contribution in [2.75, 3.05) is 18.5 Å². The Balaban J connectivity index is 2.31. The second-order valence-electron chi connectivity index (χ2n) is 4.31. The first kappa shape index (κ1) is 14.5. The Labute approximate surface area is 107 Å². The molecule has 0 spiro atoms. The molecule has 5 heteroatoms. The van der Waals surface area contributed by atoms with Gasteiger partial charge in [-0.15, -0.1) is 0 Å². The van der Waals surface area contributed by atoms with Crippen molar-refractivity contribution in [2.24, 2.45) is 0 Å². The van der Waals surface area contributed by atoms with Crippen LogP contribution in [0.4, 0.5) is 5.69 Å². The Kier molecular flexibility index (Phi) is 6.18. The van der Waals surface area contributed by atoms with Crippen molar-refractivity contribution in [2.45, 2.75) is 26.0 Å². The maximum atomic E-state index is 10.2. The van der Waals surface area contributed by atoms with Crippen molar-refractivity contribution in [1.82, 2.24) is 5.32 Å². The van der Waals surface area contributed by atoms with Crippen molar-refractivity contribution in [3.8, 4) is 5.75 Å². The predicted molar refractivity (Wildman–Crippen MR) is 70.8 cm³/mol. The summed E-state index contributed by atoms with van der Waals surface area (Å²) in [5.41, 5.74) is 0.708. The van der Waals surface area contributed by atoms with E-state index in [1.54, 1.807) is 24.3 Å². The van der Waals surface area contributed by atoms with E-state index in [0.29, 0.717) is 30.4 Å². The number of anilines is 1. The number of carbonyl (C=O) groups is 1. The fourth-order valence-electron chi connectivity index (χ4n) is 1.34. The Morgan fingerprint density at radius 3 is 2.56 bits per heavy atom. The van der Waals surface area contributed by atoms with Gasteiger partial charge < -0.3 is 20.5 Å². The Hall–Kier alpha value is -1.59. The van der Waals surface area contributed by atoms with E-state index in [-0.39, 0.29) is 6.61 Å². The molecule has 0 unspecified atom stereocenters. The van der Waals surface area contributed by atoms with Crippen LogP contribution in [-0.4, -0.2) is 36.8 Å². The Bertz CT molecular complexity index is 352. The summed E-state index contributed by atoms with van der Waals surface area (Å²) in [6.45, 7) is 4.78. The van der Waals surface area contributed by atoms with Crippen molar-refractivity contribution in [3.05, 3.63) is 24.3 Å². The molecule has 0 radical (unpaired) electrons. The number of benzene rings is 1. The monoisotopic (exact) mass is 252 g/mol. The zero-order valence-electron chi connectivity index (χ0n) is 10.7. The molecule has 0 aliphatic heterocycles. The molecule has 1 rings (SSSR count). The second-order valence-corrected chi connectivity index (χ2v) is 4.31. The topological polar surface area (TPSA) is 70.6 Å². The molecule has 0 aliphatic rings. The summed E-state index contributed by atoms with van der Waals surface area (Å²) in [5, 5.41) is 15.3. The molecular weight excluding hydrogens is 232 g/mol. The molecule has 1 aromatic carbocycles. The average molecular weight is 252 g/mol. The van der Waals surface area contributed by atoms with E-state index in [1.165, 1.54) is 0 Å². The van der Waals surface area contributed by atoms with E-state index >= 15 is 0 Å². The first-order valence-corrected chi connectivity index (χ1v) is 5.96. The number of hydrogen-bond donors (Lipinski definition) is 3. The van der Waals surface area contributed by atoms with Gasteiger partial charge in [-0.05, 0) is 24.3 Å². The van der Waals surface area contributed by atoms with Gasteiger partial charge in [0.25, 0.3) is 0 Å². The lowest BCUT2D eigenvalue weighted by atomic mass is 10.3. The van der Waals surface area contributed by atoms with Crippen LogP contribution in [0.15, 0.2) is 24.3 Å². The quantitative estimate of drug-likeness (QED) is 0.603. The van der Waals surface area contributed by atoms with Gasteiger partial charge in [-0.1, -0.05) is 13.8 Å². The van der Waals surface area contributed by atoms with Gasteiger partial charge in [0.1, 0.15) is 18.5 Å². The Morgan fingerprint density at radius 1 is 1.33 bits per heavy atom. The summed E-state index contributed by atoms with van der Waals surface area (Å²) in [7, 11) is 0. The normalized spacial score (nSPS) is 12.2. The van der Waals surface area contributed by atoms with Gasteiger partial charge in [0.15, 0.2) is 0 Å². The fraction of sp³-hybridized carbons (Fsp3) is 0.462. The minimum Gasteiger partial charge on any atom is -0.491 e. The van der Waals surface area contributed by atoms with Crippen LogP contribution >= 0.6 is 0 Å². The minimum atomic E-state index is -0.542. The molecule has 0 saturated carbocycles. The molecule has 1 atom stereocenters. The third-order valence-corrected chi connectivity index (χ3v) is 2.28. The number of carbonyl (C=O) groups excluding carboxylic acids is 1. The van der Waals surface area contributed by atoms with Gasteiger partial charge in [0, 0.05) is 18.3 Å². The SMILES string of the molecule is CC(C)NC[C@@H](O)COc1ccc(NC=O)cc1. The zero-order chi connectivity index (χ0) is 13.4. The summed E-state index contributed by atoms with van der Waals surface area (Å²) < 4.78 is 5.43. The summed E-state index contributed by atoms with van der Waals surface area (Å²) in [6, 6.07) is 7.31. The van der Waals surface area contributed by atoms with Crippen molar-refractivity contribution in [3.63, 3.8) is 0 Å². The first-order valence-electron chi connectivity index (χ1n) is 5.96. The number of hydrogen-bond acceptors (Lipinski definition) is 4. The minimum absolute atomic E-state index is 0.236. The number of rotatable bonds is 8. The lowest BCUT2D eigenvalue weighted by molar-refractivity contribution is -0.105. The summed E-state index contributed by atoms with van der Waals surface area (Å²) in [5.74, 6) is 0.662. The lowest BCUT2D eigenvalue weighted by Crippen LogP contribution is -2.35. The molecule has 1 amide bonds. The largest absolute Gasteiger partial charge is 0.491 e. The van der Waals surface area contributed by atoms with Crippen LogP contribution in [0.1, 0.15) is 13.8 Å². The molecule has 0 heterocycles. The average Bonchev–Trinajstić information content (AvgIpc) is 2.36. The third kappa shape index (κ3) is 5.65. The molecule has 0 bridgehead atoms. The van der Waals surface area contributed by atoms with Gasteiger partial charge in [-0.3, -0.25) is 4.79 Å². The molecule has 0 fully saturated rings. The van der Waals surface area contributed by atoms with Gasteiger partial charge in [-0.25, -0.2) is 0 Å². The van der Waals surface area contributed by atoms with Gasteiger partial charge in [0.2, 0.25) is 6.41 Å². The second kappa shape index (κ2) is 7.68. The van der Waals surface area contributed by atoms with E-state index in [4.69, 9.17) is 4.74 Å². The van der Waals surface area contributed by atoms with Gasteiger partial charge in [-0.2, -0.15) is 0 Å². The smallest absolute Gasteiger partial charge is 0.211 e. The van der Waals surface area contributed by atoms with Crippen LogP contribution in [0.5, 0.6) is 5.75 Å². The highest BCUT2D eigenvalue weighted by molar-refractivity contribution is 5.71. The van der Waals surface area contributed by atoms with Crippen LogP contribution in [0, 0.1) is 0 Å². The molecular formula is C13H20N2O3. The van der Waals surface area contributed by atoms with E-state index in [1.807, 2.05) is 13.8 Å². The van der Waals surface area contributed by atoms with Crippen molar-refractivity contribution >= 4 is 12.1 Å². The van der Waals surface area contributed by atoms with E-state index in [0.717, 1.165) is 0 Å². The number of aliphatic hydroxyl groups is 1. The highest BCUT2D eigenvalue weighted by Crippen LogP contribution is 2.15. The van der Waals surface area contributed by atoms with Gasteiger partial charge >= 0.3 is 0 Å². The maximum absolute atomic E-state index is 10.2. The first-order chi connectivity index (χ1) is 8.61. The summed E-state index contributed by atoms with van der Waals surface area (Å²) in [4.78, 5) is 10.2. The molecule has 0 saturated heterocycles. The highest BCUT2D eigenvalue weighted by Gasteiger charge is 2.05. The number of ether oxygens (including phenoxy) is 1. The number of amides is 1.